The molecule has 2 nitrogen and oxygen atoms in total. The van der Waals surface area contributed by atoms with Gasteiger partial charge in [-0.3, -0.25) is 4.99 Å². The Labute approximate surface area is 55.9 Å². The van der Waals surface area contributed by atoms with Crippen molar-refractivity contribution in [2.75, 3.05) is 7.05 Å². The van der Waals surface area contributed by atoms with Crippen molar-refractivity contribution in [2.24, 2.45) is 4.99 Å². The Morgan fingerprint density at radius 2 is 2.44 bits per heavy atom. The van der Waals surface area contributed by atoms with E-state index in [1.165, 1.54) is 6.08 Å². The van der Waals surface area contributed by atoms with Crippen molar-refractivity contribution in [3.05, 3.63) is 12.7 Å². The molecule has 0 aromatic rings. The Hall–Kier alpha value is -0.630. The predicted octanol–water partition coefficient (Wildman–Crippen LogP) is 1.01. The average molecular weight is 127 g/mol. The first-order valence-electron chi connectivity index (χ1n) is 3.02. The molecule has 2 heteroatoms. The fourth-order valence-corrected chi connectivity index (χ4v) is 0.636. The van der Waals surface area contributed by atoms with Gasteiger partial charge in [0.2, 0.25) is 0 Å². The van der Waals surface area contributed by atoms with Gasteiger partial charge in [-0.25, -0.2) is 0 Å². The monoisotopic (exact) mass is 127 g/mol. The zero-order valence-corrected chi connectivity index (χ0v) is 5.96. The van der Waals surface area contributed by atoms with Crippen molar-refractivity contribution in [2.45, 2.75) is 19.4 Å². The van der Waals surface area contributed by atoms with Gasteiger partial charge in [-0.05, 0) is 6.42 Å². The van der Waals surface area contributed by atoms with Crippen LogP contribution in [0.4, 0.5) is 0 Å². The molecule has 0 spiro atoms. The van der Waals surface area contributed by atoms with Gasteiger partial charge in [0.05, 0.1) is 0 Å². The lowest BCUT2D eigenvalue weighted by atomic mass is 10.2. The third kappa shape index (κ3) is 2.42. The van der Waals surface area contributed by atoms with Crippen LogP contribution >= 0.6 is 0 Å². The molecule has 0 saturated carbocycles. The summed E-state index contributed by atoms with van der Waals surface area (Å²) in [6.45, 7) is 5.40. The third-order valence-electron chi connectivity index (χ3n) is 1.21. The molecule has 1 N–H and O–H groups in total. The summed E-state index contributed by atoms with van der Waals surface area (Å²) < 4.78 is 0. The number of rotatable bonds is 3. The molecule has 0 fully saturated rings. The van der Waals surface area contributed by atoms with Gasteiger partial charge in [-0.2, -0.15) is 0 Å². The first kappa shape index (κ1) is 8.37. The maximum absolute atomic E-state index is 9.07. The lowest BCUT2D eigenvalue weighted by Crippen LogP contribution is -2.15. The van der Waals surface area contributed by atoms with Gasteiger partial charge in [0.15, 0.2) is 0 Å². The Kier molecular flexibility index (Phi) is 3.97. The second-order valence-corrected chi connectivity index (χ2v) is 1.75. The molecule has 0 rings (SSSR count). The van der Waals surface area contributed by atoms with Gasteiger partial charge in [0, 0.05) is 12.8 Å². The number of aliphatic hydroxyl groups is 1. The summed E-state index contributed by atoms with van der Waals surface area (Å²) in [7, 11) is 1.67. The molecule has 0 aliphatic heterocycles. The normalized spacial score (nSPS) is 15.2. The zero-order chi connectivity index (χ0) is 7.28. The largest absolute Gasteiger partial charge is 0.383 e. The van der Waals surface area contributed by atoms with Crippen LogP contribution in [0.1, 0.15) is 13.3 Å². The van der Waals surface area contributed by atoms with E-state index < -0.39 is 6.10 Å². The van der Waals surface area contributed by atoms with Gasteiger partial charge >= 0.3 is 0 Å². The number of aliphatic imine (C=N–C) groups is 1. The lowest BCUT2D eigenvalue weighted by Gasteiger charge is -2.04. The van der Waals surface area contributed by atoms with E-state index >= 15 is 0 Å². The summed E-state index contributed by atoms with van der Waals surface area (Å²) in [5, 5.41) is 9.07. The quantitative estimate of drug-likeness (QED) is 0.445. The Morgan fingerprint density at radius 1 is 1.89 bits per heavy atom. The van der Waals surface area contributed by atoms with Crippen LogP contribution in [0, 0.1) is 0 Å². The Balaban J connectivity index is 3.95. The van der Waals surface area contributed by atoms with Crippen LogP contribution in [0.25, 0.3) is 0 Å². The Morgan fingerprint density at radius 3 is 2.56 bits per heavy atom. The molecule has 0 aromatic heterocycles. The van der Waals surface area contributed by atoms with E-state index in [1.54, 1.807) is 7.05 Å². The van der Waals surface area contributed by atoms with Crippen LogP contribution < -0.4 is 0 Å². The zero-order valence-electron chi connectivity index (χ0n) is 5.96. The molecule has 0 radical (unpaired) electrons. The molecule has 52 valence electrons. The standard InChI is InChI=1S/C7H13NO/c1-4-6(8-3)7(9)5-2/h5,7,9H,2,4H2,1,3H3. The maximum atomic E-state index is 9.07. The highest BCUT2D eigenvalue weighted by molar-refractivity contribution is 5.89. The van der Waals surface area contributed by atoms with Gasteiger partial charge in [-0.1, -0.05) is 13.0 Å². The summed E-state index contributed by atoms with van der Waals surface area (Å²) in [4.78, 5) is 3.87. The van der Waals surface area contributed by atoms with Crippen LogP contribution in [0.15, 0.2) is 17.6 Å². The van der Waals surface area contributed by atoms with Crippen LogP contribution in [-0.4, -0.2) is 24.0 Å². The number of hydrogen-bond donors (Lipinski definition) is 1. The highest BCUT2D eigenvalue weighted by Gasteiger charge is 2.02. The van der Waals surface area contributed by atoms with Crippen molar-refractivity contribution < 1.29 is 5.11 Å². The first-order chi connectivity index (χ1) is 4.26. The summed E-state index contributed by atoms with van der Waals surface area (Å²) in [5.74, 6) is 0. The third-order valence-corrected chi connectivity index (χ3v) is 1.21. The van der Waals surface area contributed by atoms with E-state index in [4.69, 9.17) is 5.11 Å². The smallest absolute Gasteiger partial charge is 0.109 e. The minimum Gasteiger partial charge on any atom is -0.383 e. The van der Waals surface area contributed by atoms with E-state index in [9.17, 15) is 0 Å². The highest BCUT2D eigenvalue weighted by atomic mass is 16.3. The van der Waals surface area contributed by atoms with E-state index in [0.29, 0.717) is 0 Å². The lowest BCUT2D eigenvalue weighted by molar-refractivity contribution is 0.287. The summed E-state index contributed by atoms with van der Waals surface area (Å²) >= 11 is 0. The summed E-state index contributed by atoms with van der Waals surface area (Å²) in [5.41, 5.74) is 0.782. The van der Waals surface area contributed by atoms with E-state index in [2.05, 4.69) is 11.6 Å². The molecule has 0 aliphatic carbocycles. The van der Waals surface area contributed by atoms with Gasteiger partial charge in [0.25, 0.3) is 0 Å². The van der Waals surface area contributed by atoms with Crippen LogP contribution in [0.2, 0.25) is 0 Å². The second kappa shape index (κ2) is 4.27. The average Bonchev–Trinajstić information content (AvgIpc) is 1.90. The number of aliphatic hydroxyl groups excluding tert-OH is 1. The topological polar surface area (TPSA) is 32.6 Å². The minimum atomic E-state index is -0.556. The van der Waals surface area contributed by atoms with Gasteiger partial charge < -0.3 is 5.11 Å². The minimum absolute atomic E-state index is 0.556. The molecule has 0 bridgehead atoms. The molecule has 0 saturated heterocycles. The second-order valence-electron chi connectivity index (χ2n) is 1.75. The molecule has 9 heavy (non-hydrogen) atoms. The molecular weight excluding hydrogens is 114 g/mol. The fourth-order valence-electron chi connectivity index (χ4n) is 0.636. The summed E-state index contributed by atoms with van der Waals surface area (Å²) in [6.07, 6.45) is 1.70. The van der Waals surface area contributed by atoms with Crippen molar-refractivity contribution in [3.8, 4) is 0 Å². The number of nitrogens with zero attached hydrogens (tertiary/aromatic N) is 1. The van der Waals surface area contributed by atoms with Gasteiger partial charge in [-0.15, -0.1) is 6.58 Å². The molecule has 0 aliphatic rings. The van der Waals surface area contributed by atoms with E-state index in [-0.39, 0.29) is 0 Å². The van der Waals surface area contributed by atoms with Crippen molar-refractivity contribution in [3.63, 3.8) is 0 Å². The highest BCUT2D eigenvalue weighted by Crippen LogP contribution is 1.93. The molecule has 0 heterocycles. The van der Waals surface area contributed by atoms with Gasteiger partial charge in [0.1, 0.15) is 6.10 Å². The van der Waals surface area contributed by atoms with Crippen molar-refractivity contribution in [1.82, 2.24) is 0 Å². The van der Waals surface area contributed by atoms with Crippen LogP contribution in [-0.2, 0) is 0 Å². The van der Waals surface area contributed by atoms with Crippen LogP contribution in [0.5, 0.6) is 0 Å². The predicted molar refractivity (Wildman–Crippen MR) is 39.9 cm³/mol. The molecule has 1 unspecified atom stereocenters. The molecule has 0 amide bonds. The molecule has 0 aromatic carbocycles. The number of hydrogen-bond acceptors (Lipinski definition) is 2. The SMILES string of the molecule is C=CC(O)C(CC)=NC. The Bertz CT molecular complexity index is 118. The van der Waals surface area contributed by atoms with Crippen molar-refractivity contribution in [1.29, 1.82) is 0 Å². The molecular formula is C7H13NO. The van der Waals surface area contributed by atoms with E-state index in [1.807, 2.05) is 6.92 Å². The fraction of sp³-hybridized carbons (Fsp3) is 0.571. The van der Waals surface area contributed by atoms with Crippen molar-refractivity contribution >= 4 is 5.71 Å². The maximum Gasteiger partial charge on any atom is 0.109 e. The van der Waals surface area contributed by atoms with Crippen LogP contribution in [0.3, 0.4) is 0 Å². The van der Waals surface area contributed by atoms with E-state index in [0.717, 1.165) is 12.1 Å². The first-order valence-corrected chi connectivity index (χ1v) is 3.02. The molecule has 1 atom stereocenters. The summed E-state index contributed by atoms with van der Waals surface area (Å²) in [6, 6.07) is 0.